The van der Waals surface area contributed by atoms with Gasteiger partial charge in [0.05, 0.1) is 18.1 Å². The minimum absolute atomic E-state index is 0.0127. The molecule has 2 aromatic carbocycles. The Morgan fingerprint density at radius 2 is 2.00 bits per heavy atom. The zero-order valence-electron chi connectivity index (χ0n) is 15.4. The molecule has 0 unspecified atom stereocenters. The molecule has 0 spiro atoms. The second-order valence-corrected chi connectivity index (χ2v) is 6.88. The molecule has 0 saturated heterocycles. The summed E-state index contributed by atoms with van der Waals surface area (Å²) in [6.07, 6.45) is 0. The Morgan fingerprint density at radius 1 is 1.24 bits per heavy atom. The van der Waals surface area contributed by atoms with Gasteiger partial charge in [-0.05, 0) is 37.3 Å². The Labute approximate surface area is 172 Å². The van der Waals surface area contributed by atoms with Crippen LogP contribution in [0.15, 0.2) is 45.3 Å². The topological polar surface area (TPSA) is 121 Å². The first-order chi connectivity index (χ1) is 13.8. The largest absolute Gasteiger partial charge is 0.496 e. The van der Waals surface area contributed by atoms with Crippen molar-refractivity contribution in [2.75, 3.05) is 19.0 Å². The number of benzene rings is 2. The smallest absolute Gasteiger partial charge is 0.375 e. The number of carbonyl (C=O) groups excluding carboxylic acids is 2. The molecule has 3 aromatic rings. The maximum absolute atomic E-state index is 12.3. The van der Waals surface area contributed by atoms with E-state index in [1.807, 2.05) is 0 Å². The maximum atomic E-state index is 12.3. The van der Waals surface area contributed by atoms with E-state index in [2.05, 4.69) is 21.2 Å². The number of nitro benzene ring substituents is 1. The molecule has 0 fully saturated rings. The molecule has 0 aliphatic rings. The zero-order valence-corrected chi connectivity index (χ0v) is 16.9. The summed E-state index contributed by atoms with van der Waals surface area (Å²) in [6, 6.07) is 9.26. The predicted octanol–water partition coefficient (Wildman–Crippen LogP) is 4.22. The number of hydrogen-bond donors (Lipinski definition) is 1. The molecule has 0 aliphatic carbocycles. The molecule has 29 heavy (non-hydrogen) atoms. The van der Waals surface area contributed by atoms with Gasteiger partial charge >= 0.3 is 5.97 Å². The minimum Gasteiger partial charge on any atom is -0.496 e. The lowest BCUT2D eigenvalue weighted by atomic mass is 10.1. The van der Waals surface area contributed by atoms with Crippen molar-refractivity contribution in [2.45, 2.75) is 6.92 Å². The third-order valence-electron chi connectivity index (χ3n) is 4.09. The highest BCUT2D eigenvalue weighted by molar-refractivity contribution is 9.10. The maximum Gasteiger partial charge on any atom is 0.375 e. The monoisotopic (exact) mass is 462 g/mol. The van der Waals surface area contributed by atoms with Gasteiger partial charge in [0.1, 0.15) is 17.0 Å². The number of nitrogens with zero attached hydrogens (tertiary/aromatic N) is 1. The van der Waals surface area contributed by atoms with E-state index in [-0.39, 0.29) is 22.9 Å². The van der Waals surface area contributed by atoms with Gasteiger partial charge in [0.25, 0.3) is 11.6 Å². The summed E-state index contributed by atoms with van der Waals surface area (Å²) >= 11 is 3.35. The van der Waals surface area contributed by atoms with E-state index in [0.717, 1.165) is 9.86 Å². The zero-order chi connectivity index (χ0) is 21.1. The summed E-state index contributed by atoms with van der Waals surface area (Å²) in [5, 5.41) is 14.3. The van der Waals surface area contributed by atoms with E-state index in [0.29, 0.717) is 11.1 Å². The van der Waals surface area contributed by atoms with Gasteiger partial charge in [-0.2, -0.15) is 0 Å². The molecule has 1 N–H and O–H groups in total. The lowest BCUT2D eigenvalue weighted by Gasteiger charge is -2.08. The van der Waals surface area contributed by atoms with Crippen LogP contribution in [0.1, 0.15) is 16.1 Å². The molecular weight excluding hydrogens is 448 g/mol. The number of anilines is 1. The number of furan rings is 1. The normalized spacial score (nSPS) is 10.6. The van der Waals surface area contributed by atoms with E-state index in [1.165, 1.54) is 25.3 Å². The van der Waals surface area contributed by atoms with Crippen LogP contribution in [0.4, 0.5) is 11.4 Å². The number of amides is 1. The molecule has 9 nitrogen and oxygen atoms in total. The van der Waals surface area contributed by atoms with Gasteiger partial charge in [0.2, 0.25) is 5.76 Å². The van der Waals surface area contributed by atoms with Gasteiger partial charge in [0, 0.05) is 15.4 Å². The summed E-state index contributed by atoms with van der Waals surface area (Å²) in [6.45, 7) is 1.07. The van der Waals surface area contributed by atoms with Gasteiger partial charge < -0.3 is 19.2 Å². The standard InChI is InChI=1S/C19H15BrN2O7/c1-10-13-7-11(20)3-6-16(13)29-18(10)19(24)28-9-17(23)21-14-5-4-12(27-2)8-15(14)22(25)26/h3-8H,9H2,1-2H3,(H,21,23). The minimum atomic E-state index is -0.811. The molecule has 0 saturated carbocycles. The summed E-state index contributed by atoms with van der Waals surface area (Å²) < 4.78 is 16.3. The molecule has 1 heterocycles. The number of rotatable bonds is 6. The number of halogens is 1. The summed E-state index contributed by atoms with van der Waals surface area (Å²) in [7, 11) is 1.37. The number of ether oxygens (including phenoxy) is 2. The average molecular weight is 463 g/mol. The second-order valence-electron chi connectivity index (χ2n) is 5.96. The van der Waals surface area contributed by atoms with Crippen molar-refractivity contribution < 1.29 is 28.4 Å². The average Bonchev–Trinajstić information content (AvgIpc) is 3.02. The SMILES string of the molecule is COc1ccc(NC(=O)COC(=O)c2oc3ccc(Br)cc3c2C)c([N+](=O)[O-])c1. The third-order valence-corrected chi connectivity index (χ3v) is 4.59. The Morgan fingerprint density at radius 3 is 2.69 bits per heavy atom. The molecule has 10 heteroatoms. The summed E-state index contributed by atoms with van der Waals surface area (Å²) in [5.74, 6) is -1.29. The number of hydrogen-bond acceptors (Lipinski definition) is 7. The molecule has 150 valence electrons. The molecule has 3 rings (SSSR count). The lowest BCUT2D eigenvalue weighted by molar-refractivity contribution is -0.384. The number of carbonyl (C=O) groups is 2. The van der Waals surface area contributed by atoms with E-state index < -0.39 is 23.4 Å². The van der Waals surface area contributed by atoms with Crippen LogP contribution in [0.5, 0.6) is 5.75 Å². The van der Waals surface area contributed by atoms with Gasteiger partial charge in [0.15, 0.2) is 6.61 Å². The first-order valence-electron chi connectivity index (χ1n) is 8.28. The van der Waals surface area contributed by atoms with Crippen LogP contribution < -0.4 is 10.1 Å². The quantitative estimate of drug-likeness (QED) is 0.330. The van der Waals surface area contributed by atoms with Gasteiger partial charge in [-0.25, -0.2) is 4.79 Å². The summed E-state index contributed by atoms with van der Waals surface area (Å²) in [4.78, 5) is 34.9. The van der Waals surface area contributed by atoms with E-state index in [1.54, 1.807) is 25.1 Å². The molecule has 0 bridgehead atoms. The van der Waals surface area contributed by atoms with Gasteiger partial charge in [-0.15, -0.1) is 0 Å². The van der Waals surface area contributed by atoms with Crippen LogP contribution in [0.25, 0.3) is 11.0 Å². The fraction of sp³-hybridized carbons (Fsp3) is 0.158. The van der Waals surface area contributed by atoms with Crippen molar-refractivity contribution in [1.82, 2.24) is 0 Å². The van der Waals surface area contributed by atoms with E-state index >= 15 is 0 Å². The molecule has 0 radical (unpaired) electrons. The van der Waals surface area contributed by atoms with E-state index in [4.69, 9.17) is 13.9 Å². The van der Waals surface area contributed by atoms with Crippen LogP contribution in [0, 0.1) is 17.0 Å². The number of nitro groups is 1. The third kappa shape index (κ3) is 4.37. The van der Waals surface area contributed by atoms with Gasteiger partial charge in [-0.3, -0.25) is 14.9 Å². The number of fused-ring (bicyclic) bond motifs is 1. The Kier molecular flexibility index (Phi) is 5.83. The second kappa shape index (κ2) is 8.31. The molecule has 0 aliphatic heterocycles. The number of aryl methyl sites for hydroxylation is 1. The van der Waals surface area contributed by atoms with Crippen molar-refractivity contribution in [3.8, 4) is 5.75 Å². The van der Waals surface area contributed by atoms with Crippen molar-refractivity contribution in [2.24, 2.45) is 0 Å². The number of esters is 1. The highest BCUT2D eigenvalue weighted by atomic mass is 79.9. The van der Waals surface area contributed by atoms with Crippen molar-refractivity contribution >= 4 is 50.2 Å². The molecule has 1 aromatic heterocycles. The number of methoxy groups -OCH3 is 1. The fourth-order valence-corrected chi connectivity index (χ4v) is 3.03. The first kappa shape index (κ1) is 20.3. The highest BCUT2D eigenvalue weighted by Gasteiger charge is 2.22. The van der Waals surface area contributed by atoms with Crippen LogP contribution in [-0.4, -0.2) is 30.5 Å². The van der Waals surface area contributed by atoms with Crippen molar-refractivity contribution in [3.63, 3.8) is 0 Å². The molecule has 0 atom stereocenters. The highest BCUT2D eigenvalue weighted by Crippen LogP contribution is 2.30. The van der Waals surface area contributed by atoms with Crippen molar-refractivity contribution in [1.29, 1.82) is 0 Å². The van der Waals surface area contributed by atoms with Crippen molar-refractivity contribution in [3.05, 3.63) is 62.3 Å². The van der Waals surface area contributed by atoms with Gasteiger partial charge in [-0.1, -0.05) is 15.9 Å². The lowest BCUT2D eigenvalue weighted by Crippen LogP contribution is -2.21. The predicted molar refractivity (Wildman–Crippen MR) is 107 cm³/mol. The molecule has 1 amide bonds. The number of nitrogens with one attached hydrogen (secondary N) is 1. The van der Waals surface area contributed by atoms with Crippen LogP contribution >= 0.6 is 15.9 Å². The Hall–Kier alpha value is -3.40. The van der Waals surface area contributed by atoms with Crippen LogP contribution in [0.2, 0.25) is 0 Å². The van der Waals surface area contributed by atoms with E-state index in [9.17, 15) is 19.7 Å². The Bertz CT molecular complexity index is 1120. The fourth-order valence-electron chi connectivity index (χ4n) is 2.67. The van der Waals surface area contributed by atoms with Crippen LogP contribution in [-0.2, 0) is 9.53 Å². The summed E-state index contributed by atoms with van der Waals surface area (Å²) in [5.41, 5.74) is 0.706. The molecular formula is C19H15BrN2O7. The van der Waals surface area contributed by atoms with Crippen LogP contribution in [0.3, 0.4) is 0 Å². The Balaban J connectivity index is 1.69. The first-order valence-corrected chi connectivity index (χ1v) is 9.07.